The van der Waals surface area contributed by atoms with E-state index in [4.69, 9.17) is 9.47 Å². The lowest BCUT2D eigenvalue weighted by Crippen LogP contribution is -2.41. The predicted octanol–water partition coefficient (Wildman–Crippen LogP) is 1.58. The molecule has 6 heteroatoms. The summed E-state index contributed by atoms with van der Waals surface area (Å²) in [5.41, 5.74) is 2.23. The van der Waals surface area contributed by atoms with Gasteiger partial charge in [-0.25, -0.2) is 4.68 Å². The van der Waals surface area contributed by atoms with Crippen molar-refractivity contribution in [3.05, 3.63) is 47.8 Å². The Labute approximate surface area is 147 Å². The van der Waals surface area contributed by atoms with E-state index in [9.17, 15) is 0 Å². The van der Waals surface area contributed by atoms with Crippen molar-refractivity contribution in [1.82, 2.24) is 20.3 Å². The van der Waals surface area contributed by atoms with Gasteiger partial charge in [-0.3, -0.25) is 0 Å². The molecule has 2 aliphatic heterocycles. The van der Waals surface area contributed by atoms with Crippen molar-refractivity contribution in [2.75, 3.05) is 19.8 Å². The summed E-state index contributed by atoms with van der Waals surface area (Å²) in [5, 5.41) is 12.3. The van der Waals surface area contributed by atoms with Crippen molar-refractivity contribution >= 4 is 0 Å². The molecule has 1 aromatic carbocycles. The van der Waals surface area contributed by atoms with Crippen LogP contribution in [0.2, 0.25) is 0 Å². The second kappa shape index (κ2) is 6.52. The van der Waals surface area contributed by atoms with Crippen molar-refractivity contribution < 1.29 is 9.47 Å². The van der Waals surface area contributed by atoms with Crippen molar-refractivity contribution in [2.45, 2.75) is 43.6 Å². The molecule has 4 atom stereocenters. The second-order valence-electron chi connectivity index (χ2n) is 7.47. The topological polar surface area (TPSA) is 61.2 Å². The number of nitrogens with zero attached hydrogens (tertiary/aromatic N) is 3. The van der Waals surface area contributed by atoms with Crippen LogP contribution in [0.3, 0.4) is 0 Å². The molecule has 3 aliphatic rings. The van der Waals surface area contributed by atoms with E-state index in [1.807, 2.05) is 16.9 Å². The summed E-state index contributed by atoms with van der Waals surface area (Å²) in [6.07, 6.45) is 5.77. The zero-order chi connectivity index (χ0) is 16.6. The normalized spacial score (nSPS) is 31.4. The molecule has 5 rings (SSSR count). The zero-order valence-electron chi connectivity index (χ0n) is 14.3. The molecular weight excluding hydrogens is 316 g/mol. The molecule has 2 aromatic rings. The smallest absolute Gasteiger partial charge is 0.110 e. The Morgan fingerprint density at radius 3 is 2.76 bits per heavy atom. The minimum atomic E-state index is 0.0722. The van der Waals surface area contributed by atoms with Crippen LogP contribution in [-0.4, -0.2) is 53.0 Å². The summed E-state index contributed by atoms with van der Waals surface area (Å²) in [6.45, 7) is 2.46. The second-order valence-corrected chi connectivity index (χ2v) is 7.47. The van der Waals surface area contributed by atoms with Gasteiger partial charge in [-0.15, -0.1) is 5.10 Å². The molecule has 0 radical (unpaired) electrons. The summed E-state index contributed by atoms with van der Waals surface area (Å²) >= 11 is 0. The highest BCUT2D eigenvalue weighted by Crippen LogP contribution is 2.35. The predicted molar refractivity (Wildman–Crippen MR) is 92.3 cm³/mol. The molecule has 1 aromatic heterocycles. The van der Waals surface area contributed by atoms with Crippen molar-refractivity contribution in [1.29, 1.82) is 0 Å². The van der Waals surface area contributed by atoms with Gasteiger partial charge in [-0.05, 0) is 30.9 Å². The number of aromatic nitrogens is 3. The first-order valence-corrected chi connectivity index (χ1v) is 9.28. The van der Waals surface area contributed by atoms with Crippen molar-refractivity contribution in [3.8, 4) is 0 Å². The van der Waals surface area contributed by atoms with Gasteiger partial charge in [0.05, 0.1) is 24.9 Å². The Morgan fingerprint density at radius 1 is 1.08 bits per heavy atom. The number of nitrogens with one attached hydrogen (secondary N) is 1. The monoisotopic (exact) mass is 340 g/mol. The highest BCUT2D eigenvalue weighted by atomic mass is 16.6. The molecule has 0 bridgehead atoms. The van der Waals surface area contributed by atoms with Crippen molar-refractivity contribution in [2.24, 2.45) is 5.92 Å². The van der Waals surface area contributed by atoms with E-state index < -0.39 is 0 Å². The highest BCUT2D eigenvalue weighted by Gasteiger charge is 2.48. The molecule has 6 nitrogen and oxygen atoms in total. The van der Waals surface area contributed by atoms with Crippen molar-refractivity contribution in [3.63, 3.8) is 0 Å². The highest BCUT2D eigenvalue weighted by molar-refractivity contribution is 5.20. The Balaban J connectivity index is 1.24. The molecule has 4 unspecified atom stereocenters. The first kappa shape index (κ1) is 15.5. The van der Waals surface area contributed by atoms with Gasteiger partial charge in [-0.1, -0.05) is 35.5 Å². The number of benzene rings is 1. The minimum Gasteiger partial charge on any atom is -0.371 e. The fourth-order valence-corrected chi connectivity index (χ4v) is 3.88. The van der Waals surface area contributed by atoms with E-state index in [0.29, 0.717) is 12.6 Å². The van der Waals surface area contributed by atoms with Crippen LogP contribution >= 0.6 is 0 Å². The van der Waals surface area contributed by atoms with Crippen LogP contribution in [0.4, 0.5) is 0 Å². The summed E-state index contributed by atoms with van der Waals surface area (Å²) < 4.78 is 14.1. The maximum atomic E-state index is 6.06. The molecule has 0 spiro atoms. The van der Waals surface area contributed by atoms with Crippen LogP contribution in [0.25, 0.3) is 0 Å². The zero-order valence-corrected chi connectivity index (χ0v) is 14.3. The van der Waals surface area contributed by atoms with Crippen LogP contribution in [0, 0.1) is 5.92 Å². The summed E-state index contributed by atoms with van der Waals surface area (Å²) in [5.74, 6) is 0.868. The molecule has 3 fully saturated rings. The van der Waals surface area contributed by atoms with E-state index >= 15 is 0 Å². The molecule has 2 saturated heterocycles. The van der Waals surface area contributed by atoms with Gasteiger partial charge in [0.1, 0.15) is 18.2 Å². The molecule has 1 N–H and O–H groups in total. The van der Waals surface area contributed by atoms with Gasteiger partial charge < -0.3 is 14.8 Å². The molecule has 1 aliphatic carbocycles. The molecule has 132 valence electrons. The first-order valence-electron chi connectivity index (χ1n) is 9.28. The number of hydrogen-bond acceptors (Lipinski definition) is 5. The number of rotatable bonds is 6. The van der Waals surface area contributed by atoms with E-state index in [1.165, 1.54) is 18.4 Å². The van der Waals surface area contributed by atoms with Gasteiger partial charge >= 0.3 is 0 Å². The largest absolute Gasteiger partial charge is 0.371 e. The van der Waals surface area contributed by atoms with Crippen LogP contribution in [0.5, 0.6) is 0 Å². The average Bonchev–Trinajstić information content (AvgIpc) is 3.03. The fraction of sp³-hybridized carbons (Fsp3) is 0.579. The van der Waals surface area contributed by atoms with Gasteiger partial charge in [0, 0.05) is 12.6 Å². The van der Waals surface area contributed by atoms with E-state index in [1.54, 1.807) is 0 Å². The van der Waals surface area contributed by atoms with E-state index in [0.717, 1.165) is 31.2 Å². The molecule has 1 saturated carbocycles. The first-order chi connectivity index (χ1) is 12.4. The lowest BCUT2D eigenvalue weighted by molar-refractivity contribution is 0.0620. The maximum absolute atomic E-state index is 6.06. The SMILES string of the molecule is c1ccc(Cc2cn(C3COC4C(NCC5CC5)COC43)nn2)cc1. The number of fused-ring (bicyclic) bond motifs is 1. The van der Waals surface area contributed by atoms with Crippen LogP contribution < -0.4 is 5.32 Å². The third kappa shape index (κ3) is 3.21. The van der Waals surface area contributed by atoms with Gasteiger partial charge in [-0.2, -0.15) is 0 Å². The van der Waals surface area contributed by atoms with Gasteiger partial charge in [0.2, 0.25) is 0 Å². The lowest BCUT2D eigenvalue weighted by atomic mass is 10.1. The lowest BCUT2D eigenvalue weighted by Gasteiger charge is -2.17. The Hall–Kier alpha value is -1.76. The number of ether oxygens (including phenoxy) is 2. The Bertz CT molecular complexity index is 715. The standard InChI is InChI=1S/C19H24N4O2/c1-2-4-13(5-3-1)8-15-10-23(22-21-15)17-12-25-18-16(11-24-19(17)18)20-9-14-6-7-14/h1-5,10,14,16-20H,6-9,11-12H2. The number of hydrogen-bond donors (Lipinski definition) is 1. The minimum absolute atomic E-state index is 0.0722. The van der Waals surface area contributed by atoms with E-state index in [2.05, 4.69) is 39.9 Å². The third-order valence-electron chi connectivity index (χ3n) is 5.52. The molecular formula is C19H24N4O2. The van der Waals surface area contributed by atoms with Crippen LogP contribution in [0.1, 0.15) is 30.1 Å². The third-order valence-corrected chi connectivity index (χ3v) is 5.52. The maximum Gasteiger partial charge on any atom is 0.110 e. The average molecular weight is 340 g/mol. The molecule has 0 amide bonds. The van der Waals surface area contributed by atoms with Crippen LogP contribution in [0.15, 0.2) is 36.5 Å². The fourth-order valence-electron chi connectivity index (χ4n) is 3.88. The molecule has 3 heterocycles. The summed E-state index contributed by atoms with van der Waals surface area (Å²) in [7, 11) is 0. The van der Waals surface area contributed by atoms with E-state index in [-0.39, 0.29) is 18.2 Å². The molecule has 25 heavy (non-hydrogen) atoms. The Kier molecular flexibility index (Phi) is 4.04. The summed E-state index contributed by atoms with van der Waals surface area (Å²) in [4.78, 5) is 0. The van der Waals surface area contributed by atoms with Gasteiger partial charge in [0.15, 0.2) is 0 Å². The quantitative estimate of drug-likeness (QED) is 0.865. The Morgan fingerprint density at radius 2 is 1.92 bits per heavy atom. The summed E-state index contributed by atoms with van der Waals surface area (Å²) in [6, 6.07) is 10.8. The van der Waals surface area contributed by atoms with Gasteiger partial charge in [0.25, 0.3) is 0 Å². The van der Waals surface area contributed by atoms with Crippen LogP contribution in [-0.2, 0) is 15.9 Å².